The molecule has 1 aromatic heterocycles. The Balaban J connectivity index is 1.65. The Morgan fingerprint density at radius 2 is 1.79 bits per heavy atom. The average molecular weight is 400 g/mol. The van der Waals surface area contributed by atoms with Gasteiger partial charge < -0.3 is 10.2 Å². The first-order chi connectivity index (χ1) is 13.8. The summed E-state index contributed by atoms with van der Waals surface area (Å²) >= 11 is 0. The molecular formula is C20H15F3N4O2. The van der Waals surface area contributed by atoms with Gasteiger partial charge in [0.25, 0.3) is 11.8 Å². The topological polar surface area (TPSA) is 78.1 Å². The van der Waals surface area contributed by atoms with Gasteiger partial charge in [-0.1, -0.05) is 48.5 Å². The molecule has 3 aromatic rings. The number of nitrogens with one attached hydrogen (secondary N) is 2. The van der Waals surface area contributed by atoms with Crippen LogP contribution in [0.15, 0.2) is 60.7 Å². The number of carbonyl (C=O) groups is 2. The number of aromatic nitrogens is 2. The third-order valence-corrected chi connectivity index (χ3v) is 4.65. The second kappa shape index (κ2) is 7.08. The molecule has 9 heteroatoms. The fourth-order valence-corrected chi connectivity index (χ4v) is 3.33. The van der Waals surface area contributed by atoms with Gasteiger partial charge >= 0.3 is 6.18 Å². The number of alkyl halides is 3. The molecule has 0 saturated heterocycles. The summed E-state index contributed by atoms with van der Waals surface area (Å²) in [5.74, 6) is -1.16. The Morgan fingerprint density at radius 3 is 2.45 bits per heavy atom. The van der Waals surface area contributed by atoms with Crippen molar-refractivity contribution in [3.05, 3.63) is 83.0 Å². The number of H-pyrrole nitrogens is 1. The first kappa shape index (κ1) is 18.7. The van der Waals surface area contributed by atoms with Crippen molar-refractivity contribution in [2.75, 3.05) is 5.32 Å². The zero-order valence-electron chi connectivity index (χ0n) is 14.9. The molecular weight excluding hydrogens is 385 g/mol. The largest absolute Gasteiger partial charge is 0.435 e. The van der Waals surface area contributed by atoms with Crippen LogP contribution in [0.4, 0.5) is 19.0 Å². The van der Waals surface area contributed by atoms with E-state index < -0.39 is 23.8 Å². The maximum atomic E-state index is 13.0. The number of aromatic amines is 1. The molecule has 148 valence electrons. The number of amides is 2. The lowest BCUT2D eigenvalue weighted by atomic mass is 10.0. The SMILES string of the molecule is O=C(Nc1cc(C(F)(F)F)n[nH]1)C(c1ccccc1)N1Cc2ccccc2C1=O. The van der Waals surface area contributed by atoms with Gasteiger partial charge in [0.05, 0.1) is 0 Å². The molecule has 2 aromatic carbocycles. The molecule has 2 amide bonds. The number of hydrogen-bond donors (Lipinski definition) is 2. The summed E-state index contributed by atoms with van der Waals surface area (Å²) in [4.78, 5) is 27.3. The lowest BCUT2D eigenvalue weighted by Gasteiger charge is -2.27. The first-order valence-electron chi connectivity index (χ1n) is 8.72. The molecule has 0 fully saturated rings. The second-order valence-corrected chi connectivity index (χ2v) is 6.56. The van der Waals surface area contributed by atoms with E-state index in [4.69, 9.17) is 0 Å². The Bertz CT molecular complexity index is 1060. The van der Waals surface area contributed by atoms with Gasteiger partial charge in [-0.2, -0.15) is 18.3 Å². The Labute approximate surface area is 163 Å². The number of rotatable bonds is 4. The summed E-state index contributed by atoms with van der Waals surface area (Å²) in [6.45, 7) is 0.221. The third-order valence-electron chi connectivity index (χ3n) is 4.65. The zero-order valence-corrected chi connectivity index (χ0v) is 14.9. The number of hydrogen-bond acceptors (Lipinski definition) is 3. The van der Waals surface area contributed by atoms with E-state index in [0.717, 1.165) is 5.56 Å². The van der Waals surface area contributed by atoms with Gasteiger partial charge in [0.1, 0.15) is 11.9 Å². The van der Waals surface area contributed by atoms with Crippen LogP contribution in [0.5, 0.6) is 0 Å². The molecule has 0 saturated carbocycles. The van der Waals surface area contributed by atoms with Crippen LogP contribution in [0.2, 0.25) is 0 Å². The van der Waals surface area contributed by atoms with Crippen molar-refractivity contribution < 1.29 is 22.8 Å². The van der Waals surface area contributed by atoms with Crippen LogP contribution >= 0.6 is 0 Å². The summed E-state index contributed by atoms with van der Waals surface area (Å²) < 4.78 is 38.3. The molecule has 2 heterocycles. The number of anilines is 1. The van der Waals surface area contributed by atoms with Crippen LogP contribution < -0.4 is 5.32 Å². The van der Waals surface area contributed by atoms with E-state index in [9.17, 15) is 22.8 Å². The van der Waals surface area contributed by atoms with Crippen LogP contribution in [-0.4, -0.2) is 26.9 Å². The molecule has 0 aliphatic carbocycles. The molecule has 1 aliphatic heterocycles. The standard InChI is InChI=1S/C20H15F3N4O2/c21-20(22,23)15-10-16(26-25-15)24-18(28)17(12-6-2-1-3-7-12)27-11-13-8-4-5-9-14(13)19(27)29/h1-10,17H,11H2,(H2,24,25,26,28). The Morgan fingerprint density at radius 1 is 1.10 bits per heavy atom. The number of nitrogens with zero attached hydrogens (tertiary/aromatic N) is 2. The summed E-state index contributed by atoms with van der Waals surface area (Å²) in [6, 6.07) is 15.3. The Kier molecular flexibility index (Phi) is 4.57. The molecule has 0 spiro atoms. The second-order valence-electron chi connectivity index (χ2n) is 6.56. The normalized spacial score (nSPS) is 14.6. The van der Waals surface area contributed by atoms with Gasteiger partial charge in [-0.15, -0.1) is 0 Å². The first-order valence-corrected chi connectivity index (χ1v) is 8.72. The van der Waals surface area contributed by atoms with Crippen LogP contribution in [0, 0.1) is 0 Å². The predicted molar refractivity (Wildman–Crippen MR) is 97.7 cm³/mol. The lowest BCUT2D eigenvalue weighted by Crippen LogP contribution is -2.37. The number of fused-ring (bicyclic) bond motifs is 1. The van der Waals surface area contributed by atoms with Gasteiger partial charge in [0, 0.05) is 18.2 Å². The molecule has 1 unspecified atom stereocenters. The maximum Gasteiger partial charge on any atom is 0.435 e. The highest BCUT2D eigenvalue weighted by atomic mass is 19.4. The van der Waals surface area contributed by atoms with Gasteiger partial charge in [0.2, 0.25) is 0 Å². The minimum atomic E-state index is -4.63. The quantitative estimate of drug-likeness (QED) is 0.700. The fraction of sp³-hybridized carbons (Fsp3) is 0.150. The van der Waals surface area contributed by atoms with Gasteiger partial charge in [0.15, 0.2) is 5.69 Å². The van der Waals surface area contributed by atoms with Crippen LogP contribution in [-0.2, 0) is 17.5 Å². The molecule has 6 nitrogen and oxygen atoms in total. The van der Waals surface area contributed by atoms with E-state index in [1.807, 2.05) is 0 Å². The van der Waals surface area contributed by atoms with E-state index in [0.29, 0.717) is 17.2 Å². The van der Waals surface area contributed by atoms with Crippen LogP contribution in [0.1, 0.15) is 33.2 Å². The zero-order chi connectivity index (χ0) is 20.6. The monoisotopic (exact) mass is 400 g/mol. The molecule has 1 aliphatic rings. The fourth-order valence-electron chi connectivity index (χ4n) is 3.33. The summed E-state index contributed by atoms with van der Waals surface area (Å²) in [5.41, 5.74) is 0.685. The van der Waals surface area contributed by atoms with E-state index >= 15 is 0 Å². The van der Waals surface area contributed by atoms with Crippen LogP contribution in [0.3, 0.4) is 0 Å². The molecule has 29 heavy (non-hydrogen) atoms. The van der Waals surface area contributed by atoms with Crippen molar-refractivity contribution in [2.24, 2.45) is 0 Å². The van der Waals surface area contributed by atoms with E-state index in [1.165, 1.54) is 4.90 Å². The highest BCUT2D eigenvalue weighted by Crippen LogP contribution is 2.33. The number of carbonyl (C=O) groups excluding carboxylic acids is 2. The summed E-state index contributed by atoms with van der Waals surface area (Å²) in [5, 5.41) is 7.74. The highest BCUT2D eigenvalue weighted by molar-refractivity contribution is 6.03. The van der Waals surface area contributed by atoms with Crippen molar-refractivity contribution in [2.45, 2.75) is 18.8 Å². The Hall–Kier alpha value is -3.62. The maximum absolute atomic E-state index is 13.0. The van der Waals surface area contributed by atoms with E-state index in [1.54, 1.807) is 54.6 Å². The van der Waals surface area contributed by atoms with Crippen molar-refractivity contribution in [3.63, 3.8) is 0 Å². The van der Waals surface area contributed by atoms with Crippen molar-refractivity contribution >= 4 is 17.6 Å². The molecule has 2 N–H and O–H groups in total. The summed E-state index contributed by atoms with van der Waals surface area (Å²) in [7, 11) is 0. The molecule has 0 bridgehead atoms. The van der Waals surface area contributed by atoms with Crippen molar-refractivity contribution in [1.82, 2.24) is 15.1 Å². The van der Waals surface area contributed by atoms with Crippen LogP contribution in [0.25, 0.3) is 0 Å². The highest BCUT2D eigenvalue weighted by Gasteiger charge is 2.38. The average Bonchev–Trinajstić information content (AvgIpc) is 3.29. The van der Waals surface area contributed by atoms with Crippen molar-refractivity contribution in [1.29, 1.82) is 0 Å². The smallest absolute Gasteiger partial charge is 0.318 e. The number of halogens is 3. The van der Waals surface area contributed by atoms with E-state index in [2.05, 4.69) is 15.5 Å². The van der Waals surface area contributed by atoms with E-state index in [-0.39, 0.29) is 18.3 Å². The van der Waals surface area contributed by atoms with Gasteiger partial charge in [-0.3, -0.25) is 14.7 Å². The van der Waals surface area contributed by atoms with Crippen molar-refractivity contribution in [3.8, 4) is 0 Å². The number of benzene rings is 2. The lowest BCUT2D eigenvalue weighted by molar-refractivity contribution is -0.141. The summed E-state index contributed by atoms with van der Waals surface area (Å²) in [6.07, 6.45) is -4.63. The van der Waals surface area contributed by atoms with Gasteiger partial charge in [-0.05, 0) is 17.2 Å². The minimum absolute atomic E-state index is 0.201. The minimum Gasteiger partial charge on any atom is -0.318 e. The van der Waals surface area contributed by atoms with Gasteiger partial charge in [-0.25, -0.2) is 0 Å². The third kappa shape index (κ3) is 3.58. The molecule has 0 radical (unpaired) electrons. The molecule has 4 rings (SSSR count). The molecule has 1 atom stereocenters. The predicted octanol–water partition coefficient (Wildman–Crippen LogP) is 3.76.